The first-order valence-corrected chi connectivity index (χ1v) is 9.00. The number of nitrogens with zero attached hydrogens (tertiary/aromatic N) is 3. The molecule has 1 N–H and O–H groups in total. The highest BCUT2D eigenvalue weighted by atomic mass is 15.2. The number of H-pyrrole nitrogens is 1. The number of imidazole rings is 1. The SMILES string of the molecule is c1cnc2c(c1)CC[C@@H]1CCCN(Cc3nc4ccccc4[nH]3)[C@@H]21. The summed E-state index contributed by atoms with van der Waals surface area (Å²) in [7, 11) is 0. The molecule has 0 bridgehead atoms. The van der Waals surface area contributed by atoms with Gasteiger partial charge in [0.2, 0.25) is 0 Å². The molecule has 0 amide bonds. The van der Waals surface area contributed by atoms with E-state index in [1.54, 1.807) is 0 Å². The predicted molar refractivity (Wildman–Crippen MR) is 94.5 cm³/mol. The van der Waals surface area contributed by atoms with E-state index in [9.17, 15) is 0 Å². The number of nitrogens with one attached hydrogen (secondary N) is 1. The first-order chi connectivity index (χ1) is 11.9. The van der Waals surface area contributed by atoms with Gasteiger partial charge in [-0.2, -0.15) is 0 Å². The summed E-state index contributed by atoms with van der Waals surface area (Å²) < 4.78 is 0. The zero-order valence-corrected chi connectivity index (χ0v) is 13.8. The first-order valence-electron chi connectivity index (χ1n) is 9.00. The lowest BCUT2D eigenvalue weighted by atomic mass is 9.77. The van der Waals surface area contributed by atoms with Gasteiger partial charge in [0.05, 0.1) is 29.3 Å². The van der Waals surface area contributed by atoms with Crippen LogP contribution in [-0.2, 0) is 13.0 Å². The molecular weight excluding hydrogens is 296 g/mol. The highest BCUT2D eigenvalue weighted by molar-refractivity contribution is 5.74. The third-order valence-corrected chi connectivity index (χ3v) is 5.64. The van der Waals surface area contributed by atoms with Crippen molar-refractivity contribution in [2.24, 2.45) is 5.92 Å². The molecule has 0 spiro atoms. The average Bonchev–Trinajstić information content (AvgIpc) is 3.04. The second-order valence-electron chi connectivity index (χ2n) is 7.10. The summed E-state index contributed by atoms with van der Waals surface area (Å²) in [6, 6.07) is 13.1. The minimum absolute atomic E-state index is 0.455. The zero-order valence-electron chi connectivity index (χ0n) is 13.8. The van der Waals surface area contributed by atoms with Crippen LogP contribution >= 0.6 is 0 Å². The van der Waals surface area contributed by atoms with Gasteiger partial charge in [0.15, 0.2) is 0 Å². The first kappa shape index (κ1) is 14.2. The number of hydrogen-bond donors (Lipinski definition) is 1. The summed E-state index contributed by atoms with van der Waals surface area (Å²) in [6.45, 7) is 2.01. The van der Waals surface area contributed by atoms with E-state index in [1.165, 1.54) is 36.9 Å². The summed E-state index contributed by atoms with van der Waals surface area (Å²) in [5.41, 5.74) is 4.94. The van der Waals surface area contributed by atoms with Crippen molar-refractivity contribution in [2.45, 2.75) is 38.3 Å². The monoisotopic (exact) mass is 318 g/mol. The van der Waals surface area contributed by atoms with Crippen LogP contribution in [0.5, 0.6) is 0 Å². The van der Waals surface area contributed by atoms with Crippen LogP contribution in [0.25, 0.3) is 11.0 Å². The largest absolute Gasteiger partial charge is 0.341 e. The number of aryl methyl sites for hydroxylation is 1. The lowest BCUT2D eigenvalue weighted by molar-refractivity contribution is 0.0676. The molecule has 3 heterocycles. The van der Waals surface area contributed by atoms with E-state index in [1.807, 2.05) is 12.3 Å². The van der Waals surface area contributed by atoms with E-state index in [0.717, 1.165) is 35.9 Å². The Hall–Kier alpha value is -2.20. The van der Waals surface area contributed by atoms with Crippen molar-refractivity contribution in [1.82, 2.24) is 19.9 Å². The van der Waals surface area contributed by atoms with Crippen molar-refractivity contribution in [2.75, 3.05) is 6.54 Å². The Bertz CT molecular complexity index is 836. The number of aromatic amines is 1. The lowest BCUT2D eigenvalue weighted by Crippen LogP contribution is -2.41. The molecule has 3 aromatic rings. The van der Waals surface area contributed by atoms with Crippen LogP contribution in [0.1, 0.15) is 42.4 Å². The molecule has 24 heavy (non-hydrogen) atoms. The Morgan fingerprint density at radius 1 is 1.12 bits per heavy atom. The molecule has 1 aliphatic heterocycles. The fourth-order valence-corrected chi connectivity index (χ4v) is 4.57. The molecule has 0 unspecified atom stereocenters. The van der Waals surface area contributed by atoms with Crippen molar-refractivity contribution in [3.05, 3.63) is 59.7 Å². The smallest absolute Gasteiger partial charge is 0.121 e. The molecule has 2 atom stereocenters. The molecule has 1 aromatic carbocycles. The number of benzene rings is 1. The number of pyridine rings is 1. The van der Waals surface area contributed by atoms with Gasteiger partial charge in [-0.3, -0.25) is 9.88 Å². The van der Waals surface area contributed by atoms with Gasteiger partial charge in [-0.1, -0.05) is 18.2 Å². The molecule has 122 valence electrons. The Morgan fingerprint density at radius 2 is 2.08 bits per heavy atom. The van der Waals surface area contributed by atoms with Crippen LogP contribution in [-0.4, -0.2) is 26.4 Å². The second-order valence-corrected chi connectivity index (χ2v) is 7.10. The molecule has 0 saturated carbocycles. The molecule has 1 aliphatic carbocycles. The van der Waals surface area contributed by atoms with Crippen molar-refractivity contribution in [1.29, 1.82) is 0 Å². The van der Waals surface area contributed by atoms with Gasteiger partial charge in [-0.05, 0) is 61.9 Å². The number of aromatic nitrogens is 3. The quantitative estimate of drug-likeness (QED) is 0.780. The summed E-state index contributed by atoms with van der Waals surface area (Å²) in [4.78, 5) is 15.6. The summed E-state index contributed by atoms with van der Waals surface area (Å²) in [5, 5.41) is 0. The van der Waals surface area contributed by atoms with Crippen LogP contribution in [0, 0.1) is 5.92 Å². The number of fused-ring (bicyclic) bond motifs is 4. The van der Waals surface area contributed by atoms with E-state index < -0.39 is 0 Å². The van der Waals surface area contributed by atoms with E-state index >= 15 is 0 Å². The van der Waals surface area contributed by atoms with Crippen molar-refractivity contribution in [3.8, 4) is 0 Å². The normalized spacial score (nSPS) is 23.8. The Kier molecular flexibility index (Phi) is 3.37. The van der Waals surface area contributed by atoms with Gasteiger partial charge in [0.1, 0.15) is 5.82 Å². The second kappa shape index (κ2) is 5.71. The Balaban J connectivity index is 1.48. The van der Waals surface area contributed by atoms with Crippen LogP contribution in [0.3, 0.4) is 0 Å². The summed E-state index contributed by atoms with van der Waals surface area (Å²) >= 11 is 0. The Labute approximate surface area is 141 Å². The molecule has 1 saturated heterocycles. The third-order valence-electron chi connectivity index (χ3n) is 5.64. The van der Waals surface area contributed by atoms with E-state index in [4.69, 9.17) is 9.97 Å². The highest BCUT2D eigenvalue weighted by Gasteiger charge is 2.37. The standard InChI is InChI=1S/C20H22N4/c1-2-8-17-16(7-1)22-18(23-17)13-24-12-4-6-15-10-9-14-5-3-11-21-19(14)20(15)24/h1-3,5,7-8,11,15,20H,4,6,9-10,12-13H2,(H,22,23)/t15-,20+/m0/s1. The van der Waals surface area contributed by atoms with E-state index in [2.05, 4.69) is 40.2 Å². The number of hydrogen-bond acceptors (Lipinski definition) is 3. The van der Waals surface area contributed by atoms with Crippen LogP contribution in [0.2, 0.25) is 0 Å². The topological polar surface area (TPSA) is 44.8 Å². The molecular formula is C20H22N4. The van der Waals surface area contributed by atoms with Crippen LogP contribution < -0.4 is 0 Å². The van der Waals surface area contributed by atoms with Gasteiger partial charge in [0, 0.05) is 6.20 Å². The maximum atomic E-state index is 4.78. The lowest BCUT2D eigenvalue weighted by Gasteiger charge is -2.44. The molecule has 5 rings (SSSR count). The van der Waals surface area contributed by atoms with Gasteiger partial charge in [-0.15, -0.1) is 0 Å². The van der Waals surface area contributed by atoms with Gasteiger partial charge in [0.25, 0.3) is 0 Å². The van der Waals surface area contributed by atoms with E-state index in [0.29, 0.717) is 6.04 Å². The zero-order chi connectivity index (χ0) is 15.9. The molecule has 2 aromatic heterocycles. The Morgan fingerprint density at radius 3 is 3.04 bits per heavy atom. The number of para-hydroxylation sites is 2. The molecule has 4 nitrogen and oxygen atoms in total. The minimum atomic E-state index is 0.455. The number of piperidine rings is 1. The van der Waals surface area contributed by atoms with Gasteiger partial charge < -0.3 is 4.98 Å². The molecule has 2 aliphatic rings. The van der Waals surface area contributed by atoms with Gasteiger partial charge >= 0.3 is 0 Å². The average molecular weight is 318 g/mol. The molecule has 4 heteroatoms. The van der Waals surface area contributed by atoms with Crippen LogP contribution in [0.4, 0.5) is 0 Å². The summed E-state index contributed by atoms with van der Waals surface area (Å²) in [6.07, 6.45) is 7.04. The van der Waals surface area contributed by atoms with E-state index in [-0.39, 0.29) is 0 Å². The van der Waals surface area contributed by atoms with Crippen LogP contribution in [0.15, 0.2) is 42.6 Å². The maximum absolute atomic E-state index is 4.78. The molecule has 0 radical (unpaired) electrons. The fraction of sp³-hybridized carbons (Fsp3) is 0.400. The number of rotatable bonds is 2. The van der Waals surface area contributed by atoms with Crippen molar-refractivity contribution in [3.63, 3.8) is 0 Å². The number of likely N-dealkylation sites (tertiary alicyclic amines) is 1. The van der Waals surface area contributed by atoms with Gasteiger partial charge in [-0.25, -0.2) is 4.98 Å². The summed E-state index contributed by atoms with van der Waals surface area (Å²) in [5.74, 6) is 1.81. The highest BCUT2D eigenvalue weighted by Crippen LogP contribution is 2.43. The van der Waals surface area contributed by atoms with Crippen molar-refractivity contribution < 1.29 is 0 Å². The maximum Gasteiger partial charge on any atom is 0.121 e. The molecule has 1 fully saturated rings. The minimum Gasteiger partial charge on any atom is -0.341 e. The fourth-order valence-electron chi connectivity index (χ4n) is 4.57. The predicted octanol–water partition coefficient (Wildman–Crippen LogP) is 3.86. The third kappa shape index (κ3) is 2.33. The van der Waals surface area contributed by atoms with Crippen molar-refractivity contribution >= 4 is 11.0 Å².